The summed E-state index contributed by atoms with van der Waals surface area (Å²) in [7, 11) is -3.63. The van der Waals surface area contributed by atoms with Gasteiger partial charge in [0.05, 0.1) is 6.04 Å². The first kappa shape index (κ1) is 18.8. The lowest BCUT2D eigenvalue weighted by Crippen LogP contribution is -2.29. The molecule has 0 saturated carbocycles. The molecule has 1 saturated heterocycles. The van der Waals surface area contributed by atoms with Crippen molar-refractivity contribution in [3.63, 3.8) is 0 Å². The predicted molar refractivity (Wildman–Crippen MR) is 110 cm³/mol. The van der Waals surface area contributed by atoms with Crippen molar-refractivity contribution >= 4 is 21.2 Å². The Morgan fingerprint density at radius 3 is 2.60 bits per heavy atom. The second-order valence-electron chi connectivity index (χ2n) is 7.15. The van der Waals surface area contributed by atoms with Gasteiger partial charge in [-0.15, -0.1) is 0 Å². The van der Waals surface area contributed by atoms with Gasteiger partial charge >= 0.3 is 0 Å². The molecule has 7 nitrogen and oxygen atoms in total. The van der Waals surface area contributed by atoms with Crippen LogP contribution in [0.3, 0.4) is 0 Å². The van der Waals surface area contributed by atoms with E-state index in [1.807, 2.05) is 16.7 Å². The summed E-state index contributed by atoms with van der Waals surface area (Å²) in [6.07, 6.45) is 5.22. The highest BCUT2D eigenvalue weighted by atomic mass is 32.2. The number of aromatic nitrogens is 4. The minimum absolute atomic E-state index is 0.142. The van der Waals surface area contributed by atoms with Crippen molar-refractivity contribution in [2.45, 2.75) is 17.4 Å². The summed E-state index contributed by atoms with van der Waals surface area (Å²) in [5.74, 6) is 0.323. The number of benzene rings is 1. The van der Waals surface area contributed by atoms with E-state index in [4.69, 9.17) is 4.98 Å². The molecule has 0 radical (unpaired) electrons. The fraction of sp³-hybridized carbons (Fsp3) is 0.190. The number of hydrogen-bond donors (Lipinski definition) is 0. The van der Waals surface area contributed by atoms with Crippen LogP contribution >= 0.6 is 0 Å². The van der Waals surface area contributed by atoms with E-state index in [1.165, 1.54) is 22.6 Å². The van der Waals surface area contributed by atoms with E-state index in [2.05, 4.69) is 9.97 Å². The van der Waals surface area contributed by atoms with Gasteiger partial charge in [-0.2, -0.15) is 4.31 Å². The van der Waals surface area contributed by atoms with Crippen LogP contribution in [-0.4, -0.2) is 45.3 Å². The van der Waals surface area contributed by atoms with E-state index < -0.39 is 10.0 Å². The van der Waals surface area contributed by atoms with Gasteiger partial charge in [0.1, 0.15) is 22.1 Å². The molecule has 1 aliphatic heterocycles. The van der Waals surface area contributed by atoms with Gasteiger partial charge in [-0.25, -0.2) is 22.8 Å². The first-order valence-electron chi connectivity index (χ1n) is 9.53. The van der Waals surface area contributed by atoms with Gasteiger partial charge in [0.25, 0.3) is 0 Å². The summed E-state index contributed by atoms with van der Waals surface area (Å²) < 4.78 is 42.9. The van der Waals surface area contributed by atoms with E-state index in [0.717, 1.165) is 5.56 Å². The molecular weight excluding hydrogens is 405 g/mol. The Bertz CT molecular complexity index is 1310. The zero-order valence-electron chi connectivity index (χ0n) is 15.9. The number of imidazole rings is 1. The van der Waals surface area contributed by atoms with Crippen molar-refractivity contribution in [3.8, 4) is 11.4 Å². The van der Waals surface area contributed by atoms with Crippen molar-refractivity contribution in [2.75, 3.05) is 13.1 Å². The molecule has 4 aromatic rings. The molecule has 0 amide bonds. The second kappa shape index (κ2) is 7.26. The van der Waals surface area contributed by atoms with Crippen LogP contribution in [0, 0.1) is 5.82 Å². The smallest absolute Gasteiger partial charge is 0.244 e. The quantitative estimate of drug-likeness (QED) is 0.503. The molecule has 0 spiro atoms. The second-order valence-corrected chi connectivity index (χ2v) is 9.09. The number of fused-ring (bicyclic) bond motifs is 1. The van der Waals surface area contributed by atoms with Crippen molar-refractivity contribution in [3.05, 3.63) is 72.9 Å². The van der Waals surface area contributed by atoms with Gasteiger partial charge in [0.15, 0.2) is 5.65 Å². The number of nitrogens with zero attached hydrogens (tertiary/aromatic N) is 5. The first-order chi connectivity index (χ1) is 14.5. The summed E-state index contributed by atoms with van der Waals surface area (Å²) in [5.41, 5.74) is 2.15. The molecule has 4 heterocycles. The maximum atomic E-state index is 13.4. The topological polar surface area (TPSA) is 81.0 Å². The maximum absolute atomic E-state index is 13.4. The molecule has 1 aromatic carbocycles. The average molecular weight is 423 g/mol. The third-order valence-corrected chi connectivity index (χ3v) is 7.16. The van der Waals surface area contributed by atoms with E-state index in [1.54, 1.807) is 36.7 Å². The van der Waals surface area contributed by atoms with Crippen LogP contribution in [0.15, 0.2) is 72.0 Å². The van der Waals surface area contributed by atoms with E-state index in [-0.39, 0.29) is 16.8 Å². The Labute approximate surface area is 172 Å². The van der Waals surface area contributed by atoms with E-state index >= 15 is 0 Å². The number of halogens is 1. The number of rotatable bonds is 4. The molecule has 0 aliphatic carbocycles. The maximum Gasteiger partial charge on any atom is 0.244 e. The monoisotopic (exact) mass is 423 g/mol. The standard InChI is InChI=1S/C21H18FN5O2S/c22-16-7-5-15(6-8-16)20-25-19-4-2-11-24-21(19)27(20)17-9-12-26(14-17)30(28,29)18-3-1-10-23-13-18/h1-8,10-11,13,17H,9,12,14H2. The molecule has 30 heavy (non-hydrogen) atoms. The van der Waals surface area contributed by atoms with Crippen LogP contribution in [0.1, 0.15) is 12.5 Å². The highest BCUT2D eigenvalue weighted by Gasteiger charge is 2.35. The number of sulfonamides is 1. The average Bonchev–Trinajstić information content (AvgIpc) is 3.40. The zero-order valence-corrected chi connectivity index (χ0v) is 16.7. The molecule has 9 heteroatoms. The lowest BCUT2D eigenvalue weighted by molar-refractivity contribution is 0.455. The number of pyridine rings is 2. The van der Waals surface area contributed by atoms with Crippen molar-refractivity contribution in [1.82, 2.24) is 23.8 Å². The molecule has 3 aromatic heterocycles. The summed E-state index contributed by atoms with van der Waals surface area (Å²) in [5, 5.41) is 0. The lowest BCUT2D eigenvalue weighted by Gasteiger charge is -2.18. The molecule has 1 aliphatic rings. The Balaban J connectivity index is 1.55. The molecule has 1 atom stereocenters. The van der Waals surface area contributed by atoms with Crippen LogP contribution in [-0.2, 0) is 10.0 Å². The molecule has 1 unspecified atom stereocenters. The highest BCUT2D eigenvalue weighted by molar-refractivity contribution is 7.89. The molecular formula is C21H18FN5O2S. The summed E-state index contributed by atoms with van der Waals surface area (Å²) in [6.45, 7) is 0.685. The molecule has 0 bridgehead atoms. The van der Waals surface area contributed by atoms with Crippen molar-refractivity contribution in [2.24, 2.45) is 0 Å². The van der Waals surface area contributed by atoms with Crippen LogP contribution in [0.4, 0.5) is 4.39 Å². The van der Waals surface area contributed by atoms with Crippen LogP contribution in [0.5, 0.6) is 0 Å². The molecule has 0 N–H and O–H groups in total. The normalized spacial score (nSPS) is 17.6. The van der Waals surface area contributed by atoms with E-state index in [9.17, 15) is 12.8 Å². The van der Waals surface area contributed by atoms with Gasteiger partial charge in [-0.05, 0) is 55.0 Å². The number of hydrogen-bond acceptors (Lipinski definition) is 5. The van der Waals surface area contributed by atoms with Gasteiger partial charge in [0, 0.05) is 37.2 Å². The third kappa shape index (κ3) is 3.16. The minimum atomic E-state index is -3.63. The molecule has 5 rings (SSSR count). The van der Waals surface area contributed by atoms with Crippen LogP contribution in [0.25, 0.3) is 22.6 Å². The minimum Gasteiger partial charge on any atom is -0.304 e. The van der Waals surface area contributed by atoms with Crippen molar-refractivity contribution in [1.29, 1.82) is 0 Å². The largest absolute Gasteiger partial charge is 0.304 e. The molecule has 1 fully saturated rings. The first-order valence-corrected chi connectivity index (χ1v) is 11.0. The molecule has 152 valence electrons. The summed E-state index contributed by atoms with van der Waals surface area (Å²) >= 11 is 0. The summed E-state index contributed by atoms with van der Waals surface area (Å²) in [6, 6.07) is 12.8. The third-order valence-electron chi connectivity index (χ3n) is 5.31. The van der Waals surface area contributed by atoms with Crippen LogP contribution < -0.4 is 0 Å². The predicted octanol–water partition coefficient (Wildman–Crippen LogP) is 3.27. The van der Waals surface area contributed by atoms with Gasteiger partial charge in [0.2, 0.25) is 10.0 Å². The fourth-order valence-corrected chi connectivity index (χ4v) is 5.32. The summed E-state index contributed by atoms with van der Waals surface area (Å²) in [4.78, 5) is 13.3. The van der Waals surface area contributed by atoms with Gasteiger partial charge in [-0.1, -0.05) is 0 Å². The van der Waals surface area contributed by atoms with Crippen molar-refractivity contribution < 1.29 is 12.8 Å². The van der Waals surface area contributed by atoms with Gasteiger partial charge < -0.3 is 4.57 Å². The Morgan fingerprint density at radius 1 is 1.03 bits per heavy atom. The zero-order chi connectivity index (χ0) is 20.7. The van der Waals surface area contributed by atoms with Gasteiger partial charge in [-0.3, -0.25) is 4.98 Å². The van der Waals surface area contributed by atoms with Crippen LogP contribution in [0.2, 0.25) is 0 Å². The highest BCUT2D eigenvalue weighted by Crippen LogP contribution is 2.34. The lowest BCUT2D eigenvalue weighted by atomic mass is 10.2. The van der Waals surface area contributed by atoms with E-state index in [0.29, 0.717) is 36.5 Å². The Hall–Kier alpha value is -3.17. The Morgan fingerprint density at radius 2 is 1.83 bits per heavy atom. The Kier molecular flexibility index (Phi) is 4.56. The SMILES string of the molecule is O=S(=O)(c1cccnc1)N1CCC(n2c(-c3ccc(F)cc3)nc3cccnc32)C1. The fourth-order valence-electron chi connectivity index (χ4n) is 3.87.